The van der Waals surface area contributed by atoms with Gasteiger partial charge in [0.1, 0.15) is 34.4 Å². The van der Waals surface area contributed by atoms with Crippen molar-refractivity contribution in [2.45, 2.75) is 68.1 Å². The minimum Gasteiger partial charge on any atom is -0.497 e. The van der Waals surface area contributed by atoms with Crippen molar-refractivity contribution in [3.63, 3.8) is 0 Å². The van der Waals surface area contributed by atoms with Gasteiger partial charge >= 0.3 is 6.18 Å². The zero-order valence-electron chi connectivity index (χ0n) is 29.3. The summed E-state index contributed by atoms with van der Waals surface area (Å²) in [4.78, 5) is 12.1. The molecular formula is C38H43F4N5O4S. The molecule has 1 aromatic heterocycles. The number of aryl methyl sites for hydroxylation is 1. The highest BCUT2D eigenvalue weighted by Gasteiger charge is 2.41. The molecule has 0 aliphatic carbocycles. The lowest BCUT2D eigenvalue weighted by Crippen LogP contribution is -2.60. The van der Waals surface area contributed by atoms with Gasteiger partial charge in [0.2, 0.25) is 0 Å². The van der Waals surface area contributed by atoms with E-state index >= 15 is 4.39 Å². The topological polar surface area (TPSA) is 88.1 Å². The lowest BCUT2D eigenvalue weighted by molar-refractivity contribution is -0.137. The summed E-state index contributed by atoms with van der Waals surface area (Å²) in [5.41, 5.74) is 0.686. The quantitative estimate of drug-likeness (QED) is 0.138. The van der Waals surface area contributed by atoms with Gasteiger partial charge in [-0.15, -0.1) is 0 Å². The smallest absolute Gasteiger partial charge is 0.416 e. The number of rotatable bonds is 12. The van der Waals surface area contributed by atoms with Gasteiger partial charge in [-0.2, -0.15) is 13.2 Å². The second kappa shape index (κ2) is 15.7. The fraction of sp³-hybridized carbons (Fsp3) is 0.421. The third kappa shape index (κ3) is 8.12. The summed E-state index contributed by atoms with van der Waals surface area (Å²) in [5.74, 6) is 0.0620. The Hall–Kier alpha value is -4.43. The summed E-state index contributed by atoms with van der Waals surface area (Å²) < 4.78 is 97.0. The van der Waals surface area contributed by atoms with Crippen LogP contribution in [0.5, 0.6) is 11.5 Å². The number of hydrogen-bond donors (Lipinski definition) is 0. The molecule has 278 valence electrons. The molecule has 2 fully saturated rings. The van der Waals surface area contributed by atoms with Crippen molar-refractivity contribution in [1.82, 2.24) is 14.9 Å². The van der Waals surface area contributed by atoms with E-state index in [9.17, 15) is 21.6 Å². The number of aromatic nitrogens is 2. The van der Waals surface area contributed by atoms with Crippen LogP contribution in [-0.4, -0.2) is 69.2 Å². The van der Waals surface area contributed by atoms with E-state index in [4.69, 9.17) is 9.47 Å². The van der Waals surface area contributed by atoms with Crippen molar-refractivity contribution in [3.8, 4) is 11.5 Å². The third-order valence-corrected chi connectivity index (χ3v) is 12.0. The monoisotopic (exact) mass is 741 g/mol. The van der Waals surface area contributed by atoms with Crippen molar-refractivity contribution >= 4 is 21.5 Å². The molecule has 6 rings (SSSR count). The van der Waals surface area contributed by atoms with Gasteiger partial charge in [-0.25, -0.2) is 27.1 Å². The van der Waals surface area contributed by atoms with E-state index in [1.807, 2.05) is 0 Å². The number of nitrogens with zero attached hydrogens (tertiary/aromatic N) is 5. The predicted molar refractivity (Wildman–Crippen MR) is 191 cm³/mol. The Kier molecular flexibility index (Phi) is 11.2. The van der Waals surface area contributed by atoms with Gasteiger partial charge in [-0.05, 0) is 93.6 Å². The summed E-state index contributed by atoms with van der Waals surface area (Å²) in [6.45, 7) is 2.75. The van der Waals surface area contributed by atoms with Crippen molar-refractivity contribution < 1.29 is 35.5 Å². The van der Waals surface area contributed by atoms with E-state index in [2.05, 4.69) is 19.8 Å². The first kappa shape index (κ1) is 37.3. The van der Waals surface area contributed by atoms with Crippen molar-refractivity contribution in [1.29, 1.82) is 0 Å². The molecule has 0 amide bonds. The number of benzene rings is 3. The molecule has 2 aliphatic heterocycles. The van der Waals surface area contributed by atoms with E-state index in [-0.39, 0.29) is 17.9 Å². The molecule has 52 heavy (non-hydrogen) atoms. The summed E-state index contributed by atoms with van der Waals surface area (Å²) in [6.07, 6.45) is 4.19. The number of halogens is 4. The average molecular weight is 742 g/mol. The minimum atomic E-state index is -4.49. The van der Waals surface area contributed by atoms with E-state index in [0.29, 0.717) is 54.2 Å². The fourth-order valence-electron chi connectivity index (χ4n) is 7.47. The van der Waals surface area contributed by atoms with Crippen molar-refractivity contribution in [3.05, 3.63) is 102 Å². The van der Waals surface area contributed by atoms with E-state index in [1.54, 1.807) is 30.3 Å². The molecular weight excluding hydrogens is 699 g/mol. The molecule has 3 aromatic carbocycles. The van der Waals surface area contributed by atoms with Gasteiger partial charge in [-0.3, -0.25) is 4.90 Å². The molecule has 3 heterocycles. The number of piperidine rings is 2. The molecule has 0 spiro atoms. The summed E-state index contributed by atoms with van der Waals surface area (Å²) in [5, 5.41) is 0. The van der Waals surface area contributed by atoms with Gasteiger partial charge in [-0.1, -0.05) is 24.6 Å². The van der Waals surface area contributed by atoms with E-state index in [0.717, 1.165) is 55.6 Å². The highest BCUT2D eigenvalue weighted by molar-refractivity contribution is 7.92. The second-order valence-corrected chi connectivity index (χ2v) is 15.2. The Morgan fingerprint density at radius 3 is 2.42 bits per heavy atom. The number of likely N-dealkylation sites (tertiary alicyclic amines) is 1. The first-order valence-corrected chi connectivity index (χ1v) is 18.8. The van der Waals surface area contributed by atoms with Crippen molar-refractivity contribution in [2.24, 2.45) is 0 Å². The van der Waals surface area contributed by atoms with Gasteiger partial charge in [0.05, 0.1) is 26.3 Å². The average Bonchev–Trinajstić information content (AvgIpc) is 3.16. The zero-order chi connectivity index (χ0) is 36.9. The number of alkyl halides is 3. The molecule has 9 nitrogen and oxygen atoms in total. The largest absolute Gasteiger partial charge is 0.497 e. The molecule has 1 atom stereocenters. The zero-order valence-corrected chi connectivity index (χ0v) is 30.1. The fourth-order valence-corrected chi connectivity index (χ4v) is 8.92. The number of ether oxygens (including phenoxy) is 2. The van der Waals surface area contributed by atoms with Crippen LogP contribution in [-0.2, 0) is 29.2 Å². The Morgan fingerprint density at radius 2 is 1.73 bits per heavy atom. The normalized spacial score (nSPS) is 18.6. The molecule has 0 radical (unpaired) electrons. The highest BCUT2D eigenvalue weighted by Crippen LogP contribution is 2.38. The van der Waals surface area contributed by atoms with Crippen LogP contribution in [0.25, 0.3) is 0 Å². The molecule has 2 saturated heterocycles. The Balaban J connectivity index is 1.28. The number of anilines is 2. The van der Waals surface area contributed by atoms with Crippen LogP contribution in [0, 0.1) is 5.82 Å². The molecule has 0 unspecified atom stereocenters. The molecule has 0 bridgehead atoms. The van der Waals surface area contributed by atoms with Gasteiger partial charge < -0.3 is 14.4 Å². The maximum atomic E-state index is 16.2. The first-order chi connectivity index (χ1) is 24.9. The number of hydrogen-bond acceptors (Lipinski definition) is 8. The van der Waals surface area contributed by atoms with E-state index < -0.39 is 32.5 Å². The molecule has 2 aliphatic rings. The standard InChI is InChI=1S/C38H43F4N5O4S/c1-50-32-12-10-29(34(24-32)51-2)25-47(36-15-18-43-27-44-36)52(48,49)35-13-11-31(23-33(35)39)45-19-7-16-37(26-45,46-20-4-3-5-21-46)17-14-28-8-6-9-30(22-28)38(40,41)42/h6,8-13,15,18,22-24,27H,3-5,7,14,16-17,19-21,25-26H2,1-2H3/t37-/m1/s1. The lowest BCUT2D eigenvalue weighted by Gasteiger charge is -2.52. The van der Waals surface area contributed by atoms with Crippen molar-refractivity contribution in [2.75, 3.05) is 49.6 Å². The lowest BCUT2D eigenvalue weighted by atomic mass is 9.80. The van der Waals surface area contributed by atoms with Crippen LogP contribution in [0.2, 0.25) is 0 Å². The first-order valence-electron chi connectivity index (χ1n) is 17.4. The SMILES string of the molecule is COc1ccc(CN(c2ccncn2)S(=O)(=O)c2ccc(N3CCC[C@](CCc4cccc(C(F)(F)F)c4)(N4CCCCC4)C3)cc2F)c(OC)c1. The Labute approximate surface area is 302 Å². The Bertz CT molecular complexity index is 1940. The summed E-state index contributed by atoms with van der Waals surface area (Å²) >= 11 is 0. The summed E-state index contributed by atoms with van der Waals surface area (Å²) in [7, 11) is -1.51. The molecule has 0 saturated carbocycles. The third-order valence-electron chi connectivity index (χ3n) is 10.2. The van der Waals surface area contributed by atoms with Gasteiger partial charge in [0.15, 0.2) is 0 Å². The second-order valence-electron chi connectivity index (χ2n) is 13.4. The maximum absolute atomic E-state index is 16.2. The predicted octanol–water partition coefficient (Wildman–Crippen LogP) is 7.50. The summed E-state index contributed by atoms with van der Waals surface area (Å²) in [6, 6.07) is 16.1. The van der Waals surface area contributed by atoms with Gasteiger partial charge in [0.25, 0.3) is 10.0 Å². The van der Waals surface area contributed by atoms with Crippen LogP contribution in [0.3, 0.4) is 0 Å². The molecule has 4 aromatic rings. The Morgan fingerprint density at radius 1 is 0.923 bits per heavy atom. The maximum Gasteiger partial charge on any atom is 0.416 e. The van der Waals surface area contributed by atoms with Crippen LogP contribution >= 0.6 is 0 Å². The van der Waals surface area contributed by atoms with Crippen LogP contribution < -0.4 is 18.7 Å². The molecule has 0 N–H and O–H groups in total. The number of methoxy groups -OCH3 is 2. The minimum absolute atomic E-state index is 0.0551. The van der Waals surface area contributed by atoms with Crippen LogP contribution in [0.15, 0.2) is 84.1 Å². The highest BCUT2D eigenvalue weighted by atomic mass is 32.2. The van der Waals surface area contributed by atoms with Gasteiger partial charge in [0, 0.05) is 48.2 Å². The molecule has 14 heteroatoms. The van der Waals surface area contributed by atoms with Crippen LogP contribution in [0.1, 0.15) is 55.2 Å². The van der Waals surface area contributed by atoms with E-state index in [1.165, 1.54) is 57.1 Å². The van der Waals surface area contributed by atoms with Crippen LogP contribution in [0.4, 0.5) is 29.1 Å². The number of sulfonamides is 1.